The van der Waals surface area contributed by atoms with Gasteiger partial charge in [0.1, 0.15) is 0 Å². The molecule has 0 atom stereocenters. The smallest absolute Gasteiger partial charge is 0.0794 e. The van der Waals surface area contributed by atoms with E-state index < -0.39 is 0 Å². The molecular weight excluding hydrogens is 206 g/mol. The fourth-order valence-corrected chi connectivity index (χ4v) is 2.66. The Morgan fingerprint density at radius 3 is 3.13 bits per heavy atom. The van der Waals surface area contributed by atoms with Crippen molar-refractivity contribution in [2.75, 3.05) is 26.2 Å². The van der Waals surface area contributed by atoms with Crippen LogP contribution in [0.3, 0.4) is 0 Å². The molecule has 0 amide bonds. The zero-order valence-corrected chi connectivity index (χ0v) is 10.3. The maximum Gasteiger partial charge on any atom is 0.0794 e. The van der Waals surface area contributed by atoms with Crippen LogP contribution in [0.2, 0.25) is 0 Å². The van der Waals surface area contributed by atoms with Crippen molar-refractivity contribution in [3.05, 3.63) is 16.6 Å². The third-order valence-corrected chi connectivity index (χ3v) is 3.45. The van der Waals surface area contributed by atoms with E-state index in [9.17, 15) is 0 Å². The Hall–Kier alpha value is -0.450. The normalized spacial score (nSPS) is 21.7. The summed E-state index contributed by atoms with van der Waals surface area (Å²) in [5, 5.41) is 5.67. The Balaban J connectivity index is 1.80. The Kier molecular flexibility index (Phi) is 3.38. The summed E-state index contributed by atoms with van der Waals surface area (Å²) in [6, 6.07) is 0. The van der Waals surface area contributed by atoms with Crippen molar-refractivity contribution >= 4 is 11.3 Å². The molecule has 0 bridgehead atoms. The van der Waals surface area contributed by atoms with Crippen LogP contribution in [0.25, 0.3) is 0 Å². The van der Waals surface area contributed by atoms with Gasteiger partial charge >= 0.3 is 0 Å². The van der Waals surface area contributed by atoms with E-state index in [2.05, 4.69) is 34.4 Å². The SMILES string of the molecule is CC1(C)CN(CCc2cscn2)CCN1. The maximum absolute atomic E-state index is 4.31. The molecule has 1 aromatic rings. The van der Waals surface area contributed by atoms with Gasteiger partial charge in [0.15, 0.2) is 0 Å². The molecule has 2 heterocycles. The molecule has 0 spiro atoms. The van der Waals surface area contributed by atoms with Gasteiger partial charge in [0.05, 0.1) is 11.2 Å². The minimum absolute atomic E-state index is 0.264. The minimum Gasteiger partial charge on any atom is -0.309 e. The van der Waals surface area contributed by atoms with Crippen LogP contribution in [-0.4, -0.2) is 41.6 Å². The van der Waals surface area contributed by atoms with Gasteiger partial charge in [-0.25, -0.2) is 4.98 Å². The summed E-state index contributed by atoms with van der Waals surface area (Å²) in [5.74, 6) is 0. The lowest BCUT2D eigenvalue weighted by Crippen LogP contribution is -2.57. The second kappa shape index (κ2) is 4.60. The first kappa shape index (κ1) is 11.0. The standard InChI is InChI=1S/C11H19N3S/c1-11(2)8-14(6-4-13-11)5-3-10-7-15-9-12-10/h7,9,13H,3-6,8H2,1-2H3. The number of rotatable bonds is 3. The van der Waals surface area contributed by atoms with Crippen molar-refractivity contribution in [2.24, 2.45) is 0 Å². The second-order valence-electron chi connectivity index (χ2n) is 4.82. The molecule has 1 aliphatic heterocycles. The Bertz CT molecular complexity index is 295. The molecular formula is C11H19N3S. The number of thiazole rings is 1. The second-order valence-corrected chi connectivity index (χ2v) is 5.54. The first-order valence-corrected chi connectivity index (χ1v) is 6.44. The first-order chi connectivity index (χ1) is 7.16. The summed E-state index contributed by atoms with van der Waals surface area (Å²) >= 11 is 1.68. The number of nitrogens with zero attached hydrogens (tertiary/aromatic N) is 2. The number of hydrogen-bond donors (Lipinski definition) is 1. The molecule has 1 saturated heterocycles. The lowest BCUT2D eigenvalue weighted by Gasteiger charge is -2.39. The van der Waals surface area contributed by atoms with Gasteiger partial charge in [-0.05, 0) is 13.8 Å². The summed E-state index contributed by atoms with van der Waals surface area (Å²) in [6.07, 6.45) is 1.08. The third kappa shape index (κ3) is 3.26. The van der Waals surface area contributed by atoms with Crippen LogP contribution in [0.4, 0.5) is 0 Å². The van der Waals surface area contributed by atoms with Crippen molar-refractivity contribution in [2.45, 2.75) is 25.8 Å². The van der Waals surface area contributed by atoms with E-state index in [0.29, 0.717) is 0 Å². The summed E-state index contributed by atoms with van der Waals surface area (Å²) in [5.41, 5.74) is 3.41. The van der Waals surface area contributed by atoms with Crippen molar-refractivity contribution in [1.82, 2.24) is 15.2 Å². The summed E-state index contributed by atoms with van der Waals surface area (Å²) in [6.45, 7) is 9.06. The number of piperazine rings is 1. The minimum atomic E-state index is 0.264. The van der Waals surface area contributed by atoms with Crippen LogP contribution in [-0.2, 0) is 6.42 Å². The zero-order valence-electron chi connectivity index (χ0n) is 9.49. The number of hydrogen-bond acceptors (Lipinski definition) is 4. The van der Waals surface area contributed by atoms with Crippen molar-refractivity contribution in [3.8, 4) is 0 Å². The fraction of sp³-hybridized carbons (Fsp3) is 0.727. The highest BCUT2D eigenvalue weighted by molar-refractivity contribution is 7.07. The number of nitrogens with one attached hydrogen (secondary N) is 1. The summed E-state index contributed by atoms with van der Waals surface area (Å²) in [7, 11) is 0. The van der Waals surface area contributed by atoms with Crippen LogP contribution in [0.1, 0.15) is 19.5 Å². The molecule has 1 aromatic heterocycles. The van der Waals surface area contributed by atoms with E-state index in [4.69, 9.17) is 0 Å². The molecule has 0 aromatic carbocycles. The number of aromatic nitrogens is 1. The summed E-state index contributed by atoms with van der Waals surface area (Å²) < 4.78 is 0. The largest absolute Gasteiger partial charge is 0.309 e. The quantitative estimate of drug-likeness (QED) is 0.842. The van der Waals surface area contributed by atoms with Gasteiger partial charge in [-0.15, -0.1) is 11.3 Å². The third-order valence-electron chi connectivity index (χ3n) is 2.82. The van der Waals surface area contributed by atoms with E-state index in [1.807, 2.05) is 5.51 Å². The average Bonchev–Trinajstić information content (AvgIpc) is 2.65. The van der Waals surface area contributed by atoms with Crippen molar-refractivity contribution in [1.29, 1.82) is 0 Å². The van der Waals surface area contributed by atoms with Gasteiger partial charge in [0.25, 0.3) is 0 Å². The lowest BCUT2D eigenvalue weighted by molar-refractivity contribution is 0.156. The van der Waals surface area contributed by atoms with Crippen molar-refractivity contribution in [3.63, 3.8) is 0 Å². The van der Waals surface area contributed by atoms with Gasteiger partial charge in [-0.1, -0.05) is 0 Å². The van der Waals surface area contributed by atoms with Crippen molar-refractivity contribution < 1.29 is 0 Å². The van der Waals surface area contributed by atoms with Gasteiger partial charge in [0, 0.05) is 43.5 Å². The fourth-order valence-electron chi connectivity index (χ4n) is 2.07. The summed E-state index contributed by atoms with van der Waals surface area (Å²) in [4.78, 5) is 6.84. The molecule has 0 saturated carbocycles. The van der Waals surface area contributed by atoms with E-state index in [0.717, 1.165) is 32.6 Å². The van der Waals surface area contributed by atoms with Crippen LogP contribution in [0.15, 0.2) is 10.9 Å². The molecule has 0 radical (unpaired) electrons. The Labute approximate surface area is 95.5 Å². The molecule has 0 unspecified atom stereocenters. The molecule has 1 aliphatic rings. The van der Waals surface area contributed by atoms with Gasteiger partial charge < -0.3 is 5.32 Å². The molecule has 84 valence electrons. The highest BCUT2D eigenvalue weighted by Gasteiger charge is 2.25. The predicted octanol–water partition coefficient (Wildman–Crippen LogP) is 1.37. The highest BCUT2D eigenvalue weighted by Crippen LogP contribution is 2.11. The first-order valence-electron chi connectivity index (χ1n) is 5.50. The van der Waals surface area contributed by atoms with Crippen LogP contribution in [0, 0.1) is 0 Å². The van der Waals surface area contributed by atoms with E-state index >= 15 is 0 Å². The maximum atomic E-state index is 4.31. The average molecular weight is 225 g/mol. The van der Waals surface area contributed by atoms with Gasteiger partial charge in [-0.3, -0.25) is 4.90 Å². The Morgan fingerprint density at radius 1 is 1.60 bits per heavy atom. The molecule has 2 rings (SSSR count). The zero-order chi connectivity index (χ0) is 10.7. The molecule has 15 heavy (non-hydrogen) atoms. The van der Waals surface area contributed by atoms with E-state index in [-0.39, 0.29) is 5.54 Å². The van der Waals surface area contributed by atoms with Gasteiger partial charge in [0.2, 0.25) is 0 Å². The van der Waals surface area contributed by atoms with E-state index in [1.54, 1.807) is 11.3 Å². The van der Waals surface area contributed by atoms with Crippen LogP contribution in [0.5, 0.6) is 0 Å². The molecule has 4 heteroatoms. The molecule has 3 nitrogen and oxygen atoms in total. The van der Waals surface area contributed by atoms with Gasteiger partial charge in [-0.2, -0.15) is 0 Å². The molecule has 0 aliphatic carbocycles. The predicted molar refractivity (Wildman–Crippen MR) is 64.3 cm³/mol. The molecule has 1 N–H and O–H groups in total. The van der Waals surface area contributed by atoms with Crippen LogP contribution < -0.4 is 5.32 Å². The van der Waals surface area contributed by atoms with E-state index in [1.165, 1.54) is 5.69 Å². The Morgan fingerprint density at radius 2 is 2.47 bits per heavy atom. The monoisotopic (exact) mass is 225 g/mol. The highest BCUT2D eigenvalue weighted by atomic mass is 32.1. The van der Waals surface area contributed by atoms with Crippen LogP contribution >= 0.6 is 11.3 Å². The lowest BCUT2D eigenvalue weighted by atomic mass is 10.0. The molecule has 1 fully saturated rings. The topological polar surface area (TPSA) is 28.2 Å².